The molecular weight excluding hydrogens is 272 g/mol. The number of para-hydroxylation sites is 1. The first-order valence-electron chi connectivity index (χ1n) is 7.09. The molecule has 0 bridgehead atoms. The molecule has 6 nitrogen and oxygen atoms in total. The van der Waals surface area contributed by atoms with Crippen LogP contribution in [0.25, 0.3) is 0 Å². The van der Waals surface area contributed by atoms with Gasteiger partial charge in [0.2, 0.25) is 0 Å². The molecule has 2 aliphatic heterocycles. The smallest absolute Gasteiger partial charge is 0.414 e. The van der Waals surface area contributed by atoms with Crippen molar-refractivity contribution in [3.05, 3.63) is 29.8 Å². The van der Waals surface area contributed by atoms with E-state index in [2.05, 4.69) is 0 Å². The Morgan fingerprint density at radius 3 is 2.86 bits per heavy atom. The lowest BCUT2D eigenvalue weighted by atomic mass is 9.91. The Morgan fingerprint density at radius 1 is 1.38 bits per heavy atom. The maximum Gasteiger partial charge on any atom is 0.414 e. The molecule has 2 atom stereocenters. The molecule has 2 aliphatic rings. The van der Waals surface area contributed by atoms with Gasteiger partial charge in [0.25, 0.3) is 0 Å². The summed E-state index contributed by atoms with van der Waals surface area (Å²) in [4.78, 5) is 26.4. The number of carbonyl (C=O) groups excluding carboxylic acids is 1. The minimum Gasteiger partial charge on any atom is -0.465 e. The van der Waals surface area contributed by atoms with E-state index in [1.807, 2.05) is 31.2 Å². The highest BCUT2D eigenvalue weighted by Gasteiger charge is 2.38. The van der Waals surface area contributed by atoms with Crippen LogP contribution in [0.3, 0.4) is 0 Å². The molecule has 0 spiro atoms. The van der Waals surface area contributed by atoms with E-state index in [1.54, 1.807) is 4.90 Å². The molecule has 1 aromatic carbocycles. The molecule has 21 heavy (non-hydrogen) atoms. The van der Waals surface area contributed by atoms with Crippen LogP contribution in [-0.4, -0.2) is 41.3 Å². The van der Waals surface area contributed by atoms with E-state index >= 15 is 0 Å². The van der Waals surface area contributed by atoms with Crippen LogP contribution < -0.4 is 4.90 Å². The van der Waals surface area contributed by atoms with Gasteiger partial charge >= 0.3 is 12.2 Å². The van der Waals surface area contributed by atoms with Crippen LogP contribution in [0.1, 0.15) is 18.9 Å². The van der Waals surface area contributed by atoms with Crippen molar-refractivity contribution in [2.24, 2.45) is 5.92 Å². The van der Waals surface area contributed by atoms with Crippen molar-refractivity contribution in [3.63, 3.8) is 0 Å². The van der Waals surface area contributed by atoms with Gasteiger partial charge in [0.15, 0.2) is 0 Å². The number of likely N-dealkylation sites (tertiary alicyclic amines) is 1. The van der Waals surface area contributed by atoms with E-state index < -0.39 is 6.09 Å². The van der Waals surface area contributed by atoms with Gasteiger partial charge < -0.3 is 14.7 Å². The maximum absolute atomic E-state index is 12.2. The van der Waals surface area contributed by atoms with Crippen LogP contribution >= 0.6 is 0 Å². The van der Waals surface area contributed by atoms with Gasteiger partial charge in [-0.05, 0) is 18.4 Å². The number of nitrogens with zero attached hydrogens (tertiary/aromatic N) is 2. The van der Waals surface area contributed by atoms with Crippen molar-refractivity contribution >= 4 is 17.9 Å². The molecule has 0 radical (unpaired) electrons. The van der Waals surface area contributed by atoms with Crippen LogP contribution in [0.15, 0.2) is 24.3 Å². The fourth-order valence-electron chi connectivity index (χ4n) is 3.18. The Bertz CT molecular complexity index is 575. The van der Waals surface area contributed by atoms with Crippen molar-refractivity contribution < 1.29 is 19.4 Å². The second-order valence-electron chi connectivity index (χ2n) is 5.62. The first-order chi connectivity index (χ1) is 10.1. The molecule has 3 rings (SSSR count). The van der Waals surface area contributed by atoms with Crippen molar-refractivity contribution in [2.45, 2.75) is 26.0 Å². The predicted octanol–water partition coefficient (Wildman–Crippen LogP) is 2.53. The third-order valence-corrected chi connectivity index (χ3v) is 4.26. The number of ether oxygens (including phenoxy) is 1. The van der Waals surface area contributed by atoms with Gasteiger partial charge in [-0.15, -0.1) is 0 Å². The fraction of sp³-hybridized carbons (Fsp3) is 0.467. The predicted molar refractivity (Wildman–Crippen MR) is 76.3 cm³/mol. The average molecular weight is 290 g/mol. The van der Waals surface area contributed by atoms with Gasteiger partial charge in [0.05, 0.1) is 5.69 Å². The Labute approximate surface area is 122 Å². The number of amides is 2. The molecule has 1 aromatic rings. The largest absolute Gasteiger partial charge is 0.465 e. The summed E-state index contributed by atoms with van der Waals surface area (Å²) >= 11 is 0. The highest BCUT2D eigenvalue weighted by molar-refractivity contribution is 5.91. The lowest BCUT2D eigenvalue weighted by molar-refractivity contribution is 0.106. The highest BCUT2D eigenvalue weighted by Crippen LogP contribution is 2.33. The van der Waals surface area contributed by atoms with Gasteiger partial charge in [-0.1, -0.05) is 25.1 Å². The maximum atomic E-state index is 12.2. The zero-order chi connectivity index (χ0) is 15.0. The molecule has 1 fully saturated rings. The number of piperidine rings is 1. The number of carboxylic acid groups (broad SMARTS) is 1. The zero-order valence-corrected chi connectivity index (χ0v) is 11.9. The Morgan fingerprint density at radius 2 is 2.14 bits per heavy atom. The van der Waals surface area contributed by atoms with Crippen LogP contribution in [0.5, 0.6) is 0 Å². The second-order valence-corrected chi connectivity index (χ2v) is 5.62. The van der Waals surface area contributed by atoms with Crippen molar-refractivity contribution in [1.29, 1.82) is 0 Å². The van der Waals surface area contributed by atoms with E-state index in [0.717, 1.165) is 11.3 Å². The molecule has 0 saturated carbocycles. The normalized spacial score (nSPS) is 25.3. The minimum atomic E-state index is -0.901. The van der Waals surface area contributed by atoms with E-state index in [-0.39, 0.29) is 18.1 Å². The first-order valence-corrected chi connectivity index (χ1v) is 7.09. The zero-order valence-electron chi connectivity index (χ0n) is 11.9. The van der Waals surface area contributed by atoms with Crippen LogP contribution in [0.4, 0.5) is 15.3 Å². The number of hydrogen-bond donors (Lipinski definition) is 1. The monoisotopic (exact) mass is 290 g/mol. The Balaban J connectivity index is 1.87. The van der Waals surface area contributed by atoms with Gasteiger partial charge in [-0.25, -0.2) is 9.59 Å². The standard InChI is InChI=1S/C15H18N2O4/c1-10-8-16(14(18)19)7-6-12(10)17-13-5-3-2-4-11(13)9-21-15(17)20/h2-5,10,12H,6-9H2,1H3,(H,18,19)/t10-,12-/m0/s1. The summed E-state index contributed by atoms with van der Waals surface area (Å²) < 4.78 is 5.25. The van der Waals surface area contributed by atoms with E-state index in [4.69, 9.17) is 9.84 Å². The molecule has 112 valence electrons. The topological polar surface area (TPSA) is 70.1 Å². The SMILES string of the molecule is C[C@H]1CN(C(=O)O)CC[C@@H]1N1C(=O)OCc2ccccc21. The van der Waals surface area contributed by atoms with Crippen molar-refractivity contribution in [1.82, 2.24) is 4.90 Å². The van der Waals surface area contributed by atoms with Crippen LogP contribution in [0, 0.1) is 5.92 Å². The number of hydrogen-bond acceptors (Lipinski definition) is 3. The molecule has 2 amide bonds. The fourth-order valence-corrected chi connectivity index (χ4v) is 3.18. The highest BCUT2D eigenvalue weighted by atomic mass is 16.6. The summed E-state index contributed by atoms with van der Waals surface area (Å²) in [5.74, 6) is 0.0635. The summed E-state index contributed by atoms with van der Waals surface area (Å²) in [6.07, 6.45) is -0.618. The molecule has 0 aliphatic carbocycles. The second kappa shape index (κ2) is 5.27. The first kappa shape index (κ1) is 13.7. The van der Waals surface area contributed by atoms with Gasteiger partial charge in [-0.3, -0.25) is 4.90 Å². The molecule has 1 saturated heterocycles. The molecule has 6 heteroatoms. The lowest BCUT2D eigenvalue weighted by Gasteiger charge is -2.43. The summed E-state index contributed by atoms with van der Waals surface area (Å²) in [7, 11) is 0. The van der Waals surface area contributed by atoms with Gasteiger partial charge in [0, 0.05) is 24.7 Å². The molecule has 2 heterocycles. The Kier molecular flexibility index (Phi) is 3.45. The lowest BCUT2D eigenvalue weighted by Crippen LogP contribution is -2.54. The summed E-state index contributed by atoms with van der Waals surface area (Å²) in [5.41, 5.74) is 1.87. The van der Waals surface area contributed by atoms with Crippen LogP contribution in [-0.2, 0) is 11.3 Å². The quantitative estimate of drug-likeness (QED) is 0.863. The third kappa shape index (κ3) is 2.41. The molecule has 1 N–H and O–H groups in total. The molecular formula is C15H18N2O4. The van der Waals surface area contributed by atoms with Gasteiger partial charge in [0.1, 0.15) is 6.61 Å². The average Bonchev–Trinajstić information content (AvgIpc) is 2.48. The minimum absolute atomic E-state index is 0.0328. The number of carbonyl (C=O) groups is 2. The molecule has 0 unspecified atom stereocenters. The van der Waals surface area contributed by atoms with E-state index in [9.17, 15) is 9.59 Å². The summed E-state index contributed by atoms with van der Waals surface area (Å²) in [6, 6.07) is 7.67. The summed E-state index contributed by atoms with van der Waals surface area (Å²) in [6.45, 7) is 3.15. The van der Waals surface area contributed by atoms with E-state index in [0.29, 0.717) is 26.1 Å². The van der Waals surface area contributed by atoms with Crippen molar-refractivity contribution in [3.8, 4) is 0 Å². The van der Waals surface area contributed by atoms with Crippen molar-refractivity contribution in [2.75, 3.05) is 18.0 Å². The van der Waals surface area contributed by atoms with Crippen LogP contribution in [0.2, 0.25) is 0 Å². The number of anilines is 1. The number of rotatable bonds is 1. The summed E-state index contributed by atoms with van der Waals surface area (Å²) in [5, 5.41) is 9.08. The van der Waals surface area contributed by atoms with E-state index in [1.165, 1.54) is 4.90 Å². The van der Waals surface area contributed by atoms with Gasteiger partial charge in [-0.2, -0.15) is 0 Å². The number of cyclic esters (lactones) is 1. The molecule has 0 aromatic heterocycles. The third-order valence-electron chi connectivity index (χ3n) is 4.26. The number of fused-ring (bicyclic) bond motifs is 1. The Hall–Kier alpha value is -2.24. The number of benzene rings is 1.